The lowest BCUT2D eigenvalue weighted by atomic mass is 9.90. The van der Waals surface area contributed by atoms with E-state index in [1.165, 1.54) is 24.3 Å². The molecular weight excluding hydrogens is 397 g/mol. The molecule has 0 radical (unpaired) electrons. The van der Waals surface area contributed by atoms with Crippen molar-refractivity contribution in [3.8, 4) is 0 Å². The molecule has 29 heavy (non-hydrogen) atoms. The third-order valence-corrected chi connectivity index (χ3v) is 4.96. The normalized spacial score (nSPS) is 16.2. The van der Waals surface area contributed by atoms with Gasteiger partial charge in [0.15, 0.2) is 0 Å². The lowest BCUT2D eigenvalue weighted by molar-refractivity contribution is -0.130. The van der Waals surface area contributed by atoms with Crippen molar-refractivity contribution in [1.29, 1.82) is 0 Å². The van der Waals surface area contributed by atoms with E-state index < -0.39 is 11.4 Å². The molecule has 1 aliphatic heterocycles. The zero-order valence-electron chi connectivity index (χ0n) is 16.1. The molecule has 1 unspecified atom stereocenters. The van der Waals surface area contributed by atoms with Gasteiger partial charge in [0.1, 0.15) is 5.82 Å². The Labute approximate surface area is 175 Å². The molecule has 156 valence electrons. The molecule has 0 saturated carbocycles. The molecule has 0 bridgehead atoms. The van der Waals surface area contributed by atoms with Gasteiger partial charge in [0.2, 0.25) is 5.91 Å². The molecule has 1 aliphatic rings. The van der Waals surface area contributed by atoms with Crippen LogP contribution in [0.15, 0.2) is 48.5 Å². The minimum Gasteiger partial charge on any atom is -0.381 e. The van der Waals surface area contributed by atoms with E-state index in [0.717, 1.165) is 5.56 Å². The highest BCUT2D eigenvalue weighted by Crippen LogP contribution is 2.21. The first kappa shape index (κ1) is 22.8. The SMILES string of the molecule is CC(NC(=O)C1(N)CCOCC1)c1ccc(NC(=O)c2ccc(F)cc2)cc1.Cl. The van der Waals surface area contributed by atoms with E-state index in [1.54, 1.807) is 12.1 Å². The molecule has 2 amide bonds. The Hall–Kier alpha value is -2.48. The molecule has 1 atom stereocenters. The number of hydrogen-bond acceptors (Lipinski definition) is 4. The van der Waals surface area contributed by atoms with Crippen molar-refractivity contribution >= 4 is 29.9 Å². The molecule has 0 aliphatic carbocycles. The standard InChI is InChI=1S/C21H24FN3O3.ClH/c1-14(24-20(27)21(23)10-12-28-13-11-21)15-4-8-18(9-5-15)25-19(26)16-2-6-17(22)7-3-16;/h2-9,14H,10-13,23H2,1H3,(H,24,27)(H,25,26);1H. The maximum atomic E-state index is 13.0. The number of anilines is 1. The summed E-state index contributed by atoms with van der Waals surface area (Å²) >= 11 is 0. The van der Waals surface area contributed by atoms with E-state index in [4.69, 9.17) is 10.5 Å². The number of amides is 2. The van der Waals surface area contributed by atoms with Crippen LogP contribution in [-0.4, -0.2) is 30.6 Å². The molecule has 0 spiro atoms. The average Bonchev–Trinajstić information content (AvgIpc) is 2.69. The highest BCUT2D eigenvalue weighted by molar-refractivity contribution is 6.04. The van der Waals surface area contributed by atoms with Crippen LogP contribution in [0, 0.1) is 5.82 Å². The number of benzene rings is 2. The van der Waals surface area contributed by atoms with E-state index in [0.29, 0.717) is 37.3 Å². The predicted molar refractivity (Wildman–Crippen MR) is 112 cm³/mol. The first-order valence-corrected chi connectivity index (χ1v) is 9.22. The van der Waals surface area contributed by atoms with E-state index in [-0.39, 0.29) is 30.3 Å². The fourth-order valence-corrected chi connectivity index (χ4v) is 3.05. The zero-order chi connectivity index (χ0) is 20.1. The van der Waals surface area contributed by atoms with Gasteiger partial charge in [-0.2, -0.15) is 0 Å². The smallest absolute Gasteiger partial charge is 0.255 e. The molecule has 0 aromatic heterocycles. The molecule has 3 rings (SSSR count). The summed E-state index contributed by atoms with van der Waals surface area (Å²) in [5, 5.41) is 5.72. The molecule has 2 aromatic carbocycles. The molecular formula is C21H25ClFN3O3. The van der Waals surface area contributed by atoms with Gasteiger partial charge in [-0.25, -0.2) is 4.39 Å². The van der Waals surface area contributed by atoms with E-state index in [9.17, 15) is 14.0 Å². The Bertz CT molecular complexity index is 837. The summed E-state index contributed by atoms with van der Waals surface area (Å²) in [6.45, 7) is 2.86. The number of ether oxygens (including phenoxy) is 1. The number of carbonyl (C=O) groups excluding carboxylic acids is 2. The molecule has 2 aromatic rings. The van der Waals surface area contributed by atoms with Gasteiger partial charge in [-0.3, -0.25) is 9.59 Å². The summed E-state index contributed by atoms with van der Waals surface area (Å²) in [5.74, 6) is -0.896. The van der Waals surface area contributed by atoms with Crippen LogP contribution in [-0.2, 0) is 9.53 Å². The Morgan fingerprint density at radius 3 is 2.24 bits per heavy atom. The van der Waals surface area contributed by atoms with E-state index >= 15 is 0 Å². The highest BCUT2D eigenvalue weighted by atomic mass is 35.5. The van der Waals surface area contributed by atoms with Crippen LogP contribution in [0.2, 0.25) is 0 Å². The van der Waals surface area contributed by atoms with Gasteiger partial charge in [0.25, 0.3) is 5.91 Å². The van der Waals surface area contributed by atoms with E-state index in [2.05, 4.69) is 10.6 Å². The van der Waals surface area contributed by atoms with Crippen molar-refractivity contribution in [3.63, 3.8) is 0 Å². The molecule has 4 N–H and O–H groups in total. The molecule has 6 nitrogen and oxygen atoms in total. The number of nitrogens with one attached hydrogen (secondary N) is 2. The van der Waals surface area contributed by atoms with Crippen molar-refractivity contribution in [2.45, 2.75) is 31.3 Å². The van der Waals surface area contributed by atoms with Crippen molar-refractivity contribution in [2.24, 2.45) is 5.73 Å². The lowest BCUT2D eigenvalue weighted by Gasteiger charge is -2.33. The molecule has 8 heteroatoms. The van der Waals surface area contributed by atoms with E-state index in [1.807, 2.05) is 19.1 Å². The second-order valence-electron chi connectivity index (χ2n) is 7.05. The predicted octanol–water partition coefficient (Wildman–Crippen LogP) is 3.18. The van der Waals surface area contributed by atoms with Crippen LogP contribution < -0.4 is 16.4 Å². The highest BCUT2D eigenvalue weighted by Gasteiger charge is 2.36. The number of carbonyl (C=O) groups is 2. The third-order valence-electron chi connectivity index (χ3n) is 4.96. The maximum Gasteiger partial charge on any atom is 0.255 e. The monoisotopic (exact) mass is 421 g/mol. The maximum absolute atomic E-state index is 13.0. The largest absolute Gasteiger partial charge is 0.381 e. The van der Waals surface area contributed by atoms with Gasteiger partial charge in [-0.15, -0.1) is 12.4 Å². The van der Waals surface area contributed by atoms with Gasteiger partial charge < -0.3 is 21.1 Å². The van der Waals surface area contributed by atoms with Crippen LogP contribution in [0.1, 0.15) is 41.7 Å². The Morgan fingerprint density at radius 1 is 1.07 bits per heavy atom. The van der Waals surface area contributed by atoms with Crippen LogP contribution in [0.3, 0.4) is 0 Å². The first-order valence-electron chi connectivity index (χ1n) is 9.22. The Balaban J connectivity index is 0.00000300. The number of halogens is 2. The second kappa shape index (κ2) is 9.82. The molecule has 1 saturated heterocycles. The fourth-order valence-electron chi connectivity index (χ4n) is 3.05. The van der Waals surface area contributed by atoms with Crippen LogP contribution in [0.25, 0.3) is 0 Å². The van der Waals surface area contributed by atoms with Crippen molar-refractivity contribution in [1.82, 2.24) is 5.32 Å². The van der Waals surface area contributed by atoms with Crippen LogP contribution in [0.5, 0.6) is 0 Å². The van der Waals surface area contributed by atoms with Crippen molar-refractivity contribution in [2.75, 3.05) is 18.5 Å². The Morgan fingerprint density at radius 2 is 1.66 bits per heavy atom. The summed E-state index contributed by atoms with van der Waals surface area (Å²) in [4.78, 5) is 24.7. The summed E-state index contributed by atoms with van der Waals surface area (Å²) in [5.41, 5.74) is 7.19. The fraction of sp³-hybridized carbons (Fsp3) is 0.333. The van der Waals surface area contributed by atoms with Crippen molar-refractivity contribution < 1.29 is 18.7 Å². The lowest BCUT2D eigenvalue weighted by Crippen LogP contribution is -2.57. The summed E-state index contributed by atoms with van der Waals surface area (Å²) < 4.78 is 18.2. The van der Waals surface area contributed by atoms with Crippen LogP contribution >= 0.6 is 12.4 Å². The van der Waals surface area contributed by atoms with Gasteiger partial charge in [0, 0.05) is 24.5 Å². The molecule has 1 fully saturated rings. The number of hydrogen-bond donors (Lipinski definition) is 3. The summed E-state index contributed by atoms with van der Waals surface area (Å²) in [6.07, 6.45) is 1.000. The second-order valence-corrected chi connectivity index (χ2v) is 7.05. The van der Waals surface area contributed by atoms with Gasteiger partial charge >= 0.3 is 0 Å². The minimum atomic E-state index is -0.893. The van der Waals surface area contributed by atoms with Crippen LogP contribution in [0.4, 0.5) is 10.1 Å². The number of nitrogens with two attached hydrogens (primary N) is 1. The summed E-state index contributed by atoms with van der Waals surface area (Å²) in [6, 6.07) is 12.3. The van der Waals surface area contributed by atoms with Crippen molar-refractivity contribution in [3.05, 3.63) is 65.5 Å². The van der Waals surface area contributed by atoms with Gasteiger partial charge in [0.05, 0.1) is 11.6 Å². The van der Waals surface area contributed by atoms with Gasteiger partial charge in [-0.05, 0) is 61.7 Å². The van der Waals surface area contributed by atoms with Gasteiger partial charge in [-0.1, -0.05) is 12.1 Å². The summed E-state index contributed by atoms with van der Waals surface area (Å²) in [7, 11) is 0. The first-order chi connectivity index (χ1) is 13.4. The minimum absolute atomic E-state index is 0. The topological polar surface area (TPSA) is 93.5 Å². The average molecular weight is 422 g/mol. The third kappa shape index (κ3) is 5.76. The zero-order valence-corrected chi connectivity index (χ0v) is 16.9. The number of rotatable bonds is 5. The molecule has 1 heterocycles. The Kier molecular flexibility index (Phi) is 7.73. The quantitative estimate of drug-likeness (QED) is 0.691.